The standard InChI is InChI=1S/C26H33F3O/c1-3-5-7-21-13-15-23(26(29)25(21)28)19-10-8-18(9-11-19)17-30-22-14-12-20(6-4-2)24(27)16-22/h12-16,18-19H,3-11,17H2,1-2H3. The van der Waals surface area contributed by atoms with E-state index >= 15 is 0 Å². The molecule has 0 heterocycles. The van der Waals surface area contributed by atoms with Gasteiger partial charge in [0.15, 0.2) is 11.6 Å². The van der Waals surface area contributed by atoms with E-state index in [4.69, 9.17) is 4.74 Å². The van der Waals surface area contributed by atoms with Crippen LogP contribution < -0.4 is 4.74 Å². The molecule has 2 aromatic carbocycles. The molecule has 0 saturated heterocycles. The normalized spacial score (nSPS) is 19.1. The summed E-state index contributed by atoms with van der Waals surface area (Å²) in [6.45, 7) is 4.61. The summed E-state index contributed by atoms with van der Waals surface area (Å²) in [6.07, 6.45) is 7.50. The van der Waals surface area contributed by atoms with E-state index in [1.807, 2.05) is 19.9 Å². The Labute approximate surface area is 178 Å². The lowest BCUT2D eigenvalue weighted by atomic mass is 9.78. The van der Waals surface area contributed by atoms with Crippen LogP contribution in [0.25, 0.3) is 0 Å². The van der Waals surface area contributed by atoms with Gasteiger partial charge in [-0.05, 0) is 79.5 Å². The predicted octanol–water partition coefficient (Wildman–Crippen LogP) is 7.75. The summed E-state index contributed by atoms with van der Waals surface area (Å²) in [7, 11) is 0. The topological polar surface area (TPSA) is 9.23 Å². The molecule has 1 fully saturated rings. The molecule has 1 nitrogen and oxygen atoms in total. The van der Waals surface area contributed by atoms with Gasteiger partial charge in [0.2, 0.25) is 0 Å². The zero-order chi connectivity index (χ0) is 21.5. The number of ether oxygens (including phenoxy) is 1. The third-order valence-corrected chi connectivity index (χ3v) is 6.31. The van der Waals surface area contributed by atoms with Crippen molar-refractivity contribution < 1.29 is 17.9 Å². The number of aryl methyl sites for hydroxylation is 2. The first kappa shape index (κ1) is 22.7. The van der Waals surface area contributed by atoms with Crippen LogP contribution in [0.15, 0.2) is 30.3 Å². The molecule has 3 rings (SSSR count). The summed E-state index contributed by atoms with van der Waals surface area (Å²) in [5.74, 6) is -0.563. The lowest BCUT2D eigenvalue weighted by Crippen LogP contribution is -2.20. The molecular weight excluding hydrogens is 385 g/mol. The first-order valence-electron chi connectivity index (χ1n) is 11.4. The maximum atomic E-state index is 14.6. The van der Waals surface area contributed by atoms with Crippen molar-refractivity contribution in [2.24, 2.45) is 5.92 Å². The highest BCUT2D eigenvalue weighted by atomic mass is 19.2. The molecule has 164 valence electrons. The van der Waals surface area contributed by atoms with Crippen LogP contribution in [0, 0.1) is 23.4 Å². The second-order valence-corrected chi connectivity index (χ2v) is 8.58. The molecule has 30 heavy (non-hydrogen) atoms. The second-order valence-electron chi connectivity index (χ2n) is 8.58. The van der Waals surface area contributed by atoms with E-state index in [0.717, 1.165) is 56.9 Å². The number of rotatable bonds is 9. The lowest BCUT2D eigenvalue weighted by Gasteiger charge is -2.29. The fourth-order valence-electron chi connectivity index (χ4n) is 4.42. The van der Waals surface area contributed by atoms with Crippen molar-refractivity contribution in [1.82, 2.24) is 0 Å². The van der Waals surface area contributed by atoms with Crippen LogP contribution in [0.1, 0.15) is 81.4 Å². The Kier molecular flexibility index (Phi) is 8.24. The molecule has 0 bridgehead atoms. The maximum absolute atomic E-state index is 14.6. The molecule has 0 N–H and O–H groups in total. The van der Waals surface area contributed by atoms with E-state index in [1.54, 1.807) is 18.2 Å². The van der Waals surface area contributed by atoms with Gasteiger partial charge in [0.05, 0.1) is 6.61 Å². The molecule has 0 aromatic heterocycles. The van der Waals surface area contributed by atoms with Crippen LogP contribution in [0.2, 0.25) is 0 Å². The number of unbranched alkanes of at least 4 members (excludes halogenated alkanes) is 1. The lowest BCUT2D eigenvalue weighted by molar-refractivity contribution is 0.198. The average Bonchev–Trinajstić information content (AvgIpc) is 2.76. The largest absolute Gasteiger partial charge is 0.493 e. The minimum absolute atomic E-state index is 0.0572. The summed E-state index contributed by atoms with van der Waals surface area (Å²) in [6, 6.07) is 8.64. The van der Waals surface area contributed by atoms with Gasteiger partial charge in [-0.25, -0.2) is 13.2 Å². The Hall–Kier alpha value is -1.97. The fraction of sp³-hybridized carbons (Fsp3) is 0.538. The summed E-state index contributed by atoms with van der Waals surface area (Å²) < 4.78 is 48.9. The number of hydrogen-bond donors (Lipinski definition) is 0. The molecule has 1 saturated carbocycles. The van der Waals surface area contributed by atoms with E-state index in [2.05, 4.69) is 0 Å². The van der Waals surface area contributed by atoms with Crippen molar-refractivity contribution in [1.29, 1.82) is 0 Å². The Balaban J connectivity index is 1.52. The van der Waals surface area contributed by atoms with Crippen LogP contribution in [0.4, 0.5) is 13.2 Å². The Morgan fingerprint density at radius 1 is 0.833 bits per heavy atom. The predicted molar refractivity (Wildman–Crippen MR) is 116 cm³/mol. The van der Waals surface area contributed by atoms with Gasteiger partial charge in [-0.2, -0.15) is 0 Å². The van der Waals surface area contributed by atoms with Crippen molar-refractivity contribution >= 4 is 0 Å². The van der Waals surface area contributed by atoms with Gasteiger partial charge < -0.3 is 4.74 Å². The molecular formula is C26H33F3O. The van der Waals surface area contributed by atoms with E-state index in [0.29, 0.717) is 35.8 Å². The molecule has 0 unspecified atom stereocenters. The van der Waals surface area contributed by atoms with Gasteiger partial charge in [0.1, 0.15) is 11.6 Å². The Morgan fingerprint density at radius 3 is 2.23 bits per heavy atom. The Bertz CT molecular complexity index is 825. The third kappa shape index (κ3) is 5.59. The highest BCUT2D eigenvalue weighted by Gasteiger charge is 2.26. The van der Waals surface area contributed by atoms with Gasteiger partial charge in [0.25, 0.3) is 0 Å². The number of benzene rings is 2. The van der Waals surface area contributed by atoms with E-state index < -0.39 is 11.6 Å². The summed E-state index contributed by atoms with van der Waals surface area (Å²) >= 11 is 0. The Morgan fingerprint density at radius 2 is 1.57 bits per heavy atom. The quantitative estimate of drug-likeness (QED) is 0.404. The van der Waals surface area contributed by atoms with Gasteiger partial charge in [-0.3, -0.25) is 0 Å². The van der Waals surface area contributed by atoms with Crippen molar-refractivity contribution in [3.8, 4) is 5.75 Å². The van der Waals surface area contributed by atoms with E-state index in [9.17, 15) is 13.2 Å². The van der Waals surface area contributed by atoms with Gasteiger partial charge in [0, 0.05) is 6.07 Å². The van der Waals surface area contributed by atoms with Crippen LogP contribution in [0.5, 0.6) is 5.75 Å². The summed E-state index contributed by atoms with van der Waals surface area (Å²) in [4.78, 5) is 0. The van der Waals surface area contributed by atoms with Gasteiger partial charge in [-0.15, -0.1) is 0 Å². The zero-order valence-electron chi connectivity index (χ0n) is 18.2. The molecule has 1 aliphatic carbocycles. The van der Waals surface area contributed by atoms with Gasteiger partial charge in [-0.1, -0.05) is 44.9 Å². The highest BCUT2D eigenvalue weighted by molar-refractivity contribution is 5.30. The third-order valence-electron chi connectivity index (χ3n) is 6.31. The van der Waals surface area contributed by atoms with Crippen molar-refractivity contribution in [3.05, 3.63) is 64.5 Å². The van der Waals surface area contributed by atoms with Gasteiger partial charge >= 0.3 is 0 Å². The van der Waals surface area contributed by atoms with Crippen LogP contribution in [-0.2, 0) is 12.8 Å². The summed E-state index contributed by atoms with van der Waals surface area (Å²) in [5, 5.41) is 0. The maximum Gasteiger partial charge on any atom is 0.162 e. The average molecular weight is 419 g/mol. The van der Waals surface area contributed by atoms with Crippen molar-refractivity contribution in [2.75, 3.05) is 6.61 Å². The highest BCUT2D eigenvalue weighted by Crippen LogP contribution is 2.38. The number of hydrogen-bond acceptors (Lipinski definition) is 1. The smallest absolute Gasteiger partial charge is 0.162 e. The second kappa shape index (κ2) is 10.9. The molecule has 0 radical (unpaired) electrons. The van der Waals surface area contributed by atoms with Crippen molar-refractivity contribution in [3.63, 3.8) is 0 Å². The molecule has 0 aliphatic heterocycles. The SMILES string of the molecule is CCCCc1ccc(C2CCC(COc3ccc(CCC)c(F)c3)CC2)c(F)c1F. The molecule has 2 aromatic rings. The monoisotopic (exact) mass is 418 g/mol. The fourth-order valence-corrected chi connectivity index (χ4v) is 4.42. The molecule has 4 heteroatoms. The number of halogens is 3. The minimum Gasteiger partial charge on any atom is -0.493 e. The van der Waals surface area contributed by atoms with Crippen LogP contribution in [0.3, 0.4) is 0 Å². The first-order valence-corrected chi connectivity index (χ1v) is 11.4. The summed E-state index contributed by atoms with van der Waals surface area (Å²) in [5.41, 5.74) is 1.72. The first-order chi connectivity index (χ1) is 14.5. The minimum atomic E-state index is -0.667. The molecule has 0 atom stereocenters. The van der Waals surface area contributed by atoms with Crippen LogP contribution >= 0.6 is 0 Å². The molecule has 1 aliphatic rings. The zero-order valence-corrected chi connectivity index (χ0v) is 18.2. The van der Waals surface area contributed by atoms with E-state index in [-0.39, 0.29) is 11.7 Å². The van der Waals surface area contributed by atoms with E-state index in [1.165, 1.54) is 6.07 Å². The molecule has 0 spiro atoms. The van der Waals surface area contributed by atoms with Crippen LogP contribution in [-0.4, -0.2) is 6.61 Å². The molecule has 0 amide bonds. The van der Waals surface area contributed by atoms with Crippen molar-refractivity contribution in [2.45, 2.75) is 77.6 Å².